The Morgan fingerprint density at radius 3 is 2.67 bits per heavy atom. The van der Waals surface area contributed by atoms with Gasteiger partial charge < -0.3 is 14.6 Å². The fraction of sp³-hybridized carbons (Fsp3) is 0.733. The number of hydrogen-bond donors (Lipinski definition) is 1. The molecule has 0 fully saturated rings. The molecule has 18 heavy (non-hydrogen) atoms. The minimum atomic E-state index is -0.0454. The standard InChI is InChI=1S/C15H28N2O/c1-6-14(16-7-2)13-8-10-17(12-13)11-9-15(3,4)18-5/h8,10,12,14,16H,6-7,9,11H2,1-5H3. The lowest BCUT2D eigenvalue weighted by Crippen LogP contribution is -2.24. The molecule has 0 saturated carbocycles. The van der Waals surface area contributed by atoms with Crippen molar-refractivity contribution in [2.24, 2.45) is 0 Å². The lowest BCUT2D eigenvalue weighted by atomic mass is 10.1. The lowest BCUT2D eigenvalue weighted by Gasteiger charge is -2.22. The summed E-state index contributed by atoms with van der Waals surface area (Å²) in [6.07, 6.45) is 6.57. The molecule has 0 aliphatic rings. The van der Waals surface area contributed by atoms with Gasteiger partial charge in [0.05, 0.1) is 5.60 Å². The molecule has 0 aromatic carbocycles. The summed E-state index contributed by atoms with van der Waals surface area (Å²) in [5.41, 5.74) is 1.34. The van der Waals surface area contributed by atoms with E-state index >= 15 is 0 Å². The van der Waals surface area contributed by atoms with Crippen LogP contribution in [-0.4, -0.2) is 23.8 Å². The van der Waals surface area contributed by atoms with Crippen molar-refractivity contribution in [3.63, 3.8) is 0 Å². The zero-order chi connectivity index (χ0) is 13.6. The van der Waals surface area contributed by atoms with Gasteiger partial charge in [0.1, 0.15) is 0 Å². The van der Waals surface area contributed by atoms with E-state index in [4.69, 9.17) is 4.74 Å². The van der Waals surface area contributed by atoms with Crippen LogP contribution in [0.3, 0.4) is 0 Å². The Hall–Kier alpha value is -0.800. The molecule has 0 amide bonds. The van der Waals surface area contributed by atoms with E-state index < -0.39 is 0 Å². The molecule has 0 radical (unpaired) electrons. The average molecular weight is 252 g/mol. The number of methoxy groups -OCH3 is 1. The van der Waals surface area contributed by atoms with Gasteiger partial charge in [-0.15, -0.1) is 0 Å². The number of ether oxygens (including phenoxy) is 1. The fourth-order valence-corrected chi connectivity index (χ4v) is 2.05. The second-order valence-corrected chi connectivity index (χ2v) is 5.41. The first-order chi connectivity index (χ1) is 8.52. The average Bonchev–Trinajstić information content (AvgIpc) is 2.82. The monoisotopic (exact) mass is 252 g/mol. The van der Waals surface area contributed by atoms with Crippen LogP contribution in [-0.2, 0) is 11.3 Å². The maximum Gasteiger partial charge on any atom is 0.0639 e. The summed E-state index contributed by atoms with van der Waals surface area (Å²) in [5.74, 6) is 0. The van der Waals surface area contributed by atoms with Crippen LogP contribution in [0.4, 0.5) is 0 Å². The number of aromatic nitrogens is 1. The summed E-state index contributed by atoms with van der Waals surface area (Å²) in [4.78, 5) is 0. The van der Waals surface area contributed by atoms with E-state index in [1.54, 1.807) is 7.11 Å². The Morgan fingerprint density at radius 2 is 2.11 bits per heavy atom. The third-order valence-corrected chi connectivity index (χ3v) is 3.56. The molecule has 0 bridgehead atoms. The predicted octanol–water partition coefficient (Wildman–Crippen LogP) is 3.36. The van der Waals surface area contributed by atoms with E-state index in [1.807, 2.05) is 0 Å². The Bertz CT molecular complexity index is 344. The molecule has 1 rings (SSSR count). The van der Waals surface area contributed by atoms with E-state index in [0.29, 0.717) is 6.04 Å². The van der Waals surface area contributed by atoms with E-state index in [0.717, 1.165) is 25.9 Å². The van der Waals surface area contributed by atoms with Gasteiger partial charge in [0.15, 0.2) is 0 Å². The fourth-order valence-electron chi connectivity index (χ4n) is 2.05. The number of hydrogen-bond acceptors (Lipinski definition) is 2. The molecule has 3 heteroatoms. The van der Waals surface area contributed by atoms with Crippen molar-refractivity contribution >= 4 is 0 Å². The van der Waals surface area contributed by atoms with Crippen molar-refractivity contribution in [1.29, 1.82) is 0 Å². The van der Waals surface area contributed by atoms with E-state index in [-0.39, 0.29) is 5.60 Å². The molecular weight excluding hydrogens is 224 g/mol. The van der Waals surface area contributed by atoms with E-state index in [1.165, 1.54) is 5.56 Å². The maximum absolute atomic E-state index is 5.45. The molecule has 1 unspecified atom stereocenters. The zero-order valence-electron chi connectivity index (χ0n) is 12.5. The third-order valence-electron chi connectivity index (χ3n) is 3.56. The molecule has 0 spiro atoms. The minimum absolute atomic E-state index is 0.0454. The molecule has 1 N–H and O–H groups in total. The Balaban J connectivity index is 2.57. The van der Waals surface area contributed by atoms with Gasteiger partial charge in [0, 0.05) is 32.1 Å². The molecule has 0 saturated heterocycles. The highest BCUT2D eigenvalue weighted by Crippen LogP contribution is 2.19. The van der Waals surface area contributed by atoms with Gasteiger partial charge in [-0.05, 0) is 44.9 Å². The van der Waals surface area contributed by atoms with Crippen molar-refractivity contribution in [3.05, 3.63) is 24.0 Å². The van der Waals surface area contributed by atoms with Crippen LogP contribution in [0, 0.1) is 0 Å². The zero-order valence-corrected chi connectivity index (χ0v) is 12.5. The first-order valence-electron chi connectivity index (χ1n) is 6.96. The minimum Gasteiger partial charge on any atom is -0.379 e. The summed E-state index contributed by atoms with van der Waals surface area (Å²) < 4.78 is 7.71. The number of nitrogens with one attached hydrogen (secondary N) is 1. The molecule has 0 aliphatic carbocycles. The van der Waals surface area contributed by atoms with Gasteiger partial charge >= 0.3 is 0 Å². The number of nitrogens with zero attached hydrogens (tertiary/aromatic N) is 1. The number of aryl methyl sites for hydroxylation is 1. The first kappa shape index (κ1) is 15.3. The molecule has 1 aromatic heterocycles. The van der Waals surface area contributed by atoms with Crippen LogP contribution in [0.5, 0.6) is 0 Å². The van der Waals surface area contributed by atoms with Crippen molar-refractivity contribution in [2.75, 3.05) is 13.7 Å². The summed E-state index contributed by atoms with van der Waals surface area (Å²) >= 11 is 0. The van der Waals surface area contributed by atoms with Gasteiger partial charge in [0.2, 0.25) is 0 Å². The second-order valence-electron chi connectivity index (χ2n) is 5.41. The normalized spacial score (nSPS) is 13.8. The molecule has 1 aromatic rings. The second kappa shape index (κ2) is 6.95. The van der Waals surface area contributed by atoms with Crippen molar-refractivity contribution in [2.45, 2.75) is 58.7 Å². The molecule has 3 nitrogen and oxygen atoms in total. The van der Waals surface area contributed by atoms with Crippen LogP contribution in [0.1, 0.15) is 52.1 Å². The summed E-state index contributed by atoms with van der Waals surface area (Å²) in [5, 5.41) is 3.51. The Labute approximate surface area is 112 Å². The topological polar surface area (TPSA) is 26.2 Å². The predicted molar refractivity (Wildman–Crippen MR) is 76.8 cm³/mol. The maximum atomic E-state index is 5.45. The quantitative estimate of drug-likeness (QED) is 0.768. The highest BCUT2D eigenvalue weighted by molar-refractivity contribution is 5.15. The molecular formula is C15H28N2O. The summed E-state index contributed by atoms with van der Waals surface area (Å²) in [6, 6.07) is 2.70. The smallest absolute Gasteiger partial charge is 0.0639 e. The number of rotatable bonds is 8. The van der Waals surface area contributed by atoms with Gasteiger partial charge in [-0.1, -0.05) is 13.8 Å². The highest BCUT2D eigenvalue weighted by Gasteiger charge is 2.16. The van der Waals surface area contributed by atoms with Crippen LogP contribution in [0.2, 0.25) is 0 Å². The van der Waals surface area contributed by atoms with Gasteiger partial charge in [-0.3, -0.25) is 0 Å². The largest absolute Gasteiger partial charge is 0.379 e. The SMILES string of the molecule is CCNC(CC)c1ccn(CCC(C)(C)OC)c1. The van der Waals surface area contributed by atoms with Crippen LogP contribution in [0.25, 0.3) is 0 Å². The van der Waals surface area contributed by atoms with Crippen molar-refractivity contribution in [1.82, 2.24) is 9.88 Å². The molecule has 1 atom stereocenters. The Morgan fingerprint density at radius 1 is 1.39 bits per heavy atom. The van der Waals surface area contributed by atoms with E-state index in [9.17, 15) is 0 Å². The highest BCUT2D eigenvalue weighted by atomic mass is 16.5. The van der Waals surface area contributed by atoms with Crippen LogP contribution >= 0.6 is 0 Å². The third kappa shape index (κ3) is 4.46. The lowest BCUT2D eigenvalue weighted by molar-refractivity contribution is 0.0120. The van der Waals surface area contributed by atoms with Crippen LogP contribution in [0.15, 0.2) is 18.5 Å². The van der Waals surface area contributed by atoms with Crippen molar-refractivity contribution in [3.8, 4) is 0 Å². The molecule has 104 valence electrons. The van der Waals surface area contributed by atoms with Crippen molar-refractivity contribution < 1.29 is 4.74 Å². The Kier molecular flexibility index (Phi) is 5.89. The van der Waals surface area contributed by atoms with E-state index in [2.05, 4.69) is 56.0 Å². The van der Waals surface area contributed by atoms with Gasteiger partial charge in [0.25, 0.3) is 0 Å². The molecule has 1 heterocycles. The van der Waals surface area contributed by atoms with Gasteiger partial charge in [-0.25, -0.2) is 0 Å². The summed E-state index contributed by atoms with van der Waals surface area (Å²) in [7, 11) is 1.78. The summed E-state index contributed by atoms with van der Waals surface area (Å²) in [6.45, 7) is 10.7. The van der Waals surface area contributed by atoms with Gasteiger partial charge in [-0.2, -0.15) is 0 Å². The first-order valence-corrected chi connectivity index (χ1v) is 6.96. The van der Waals surface area contributed by atoms with Crippen LogP contribution < -0.4 is 5.32 Å². The molecule has 0 aliphatic heterocycles.